The fourth-order valence-corrected chi connectivity index (χ4v) is 2.83. The molecule has 1 aromatic rings. The molecule has 4 heteroatoms. The fraction of sp³-hybridized carbons (Fsp3) is 0.429. The monoisotopic (exact) mass is 263 g/mol. The van der Waals surface area contributed by atoms with Crippen molar-refractivity contribution in [1.82, 2.24) is 0 Å². The van der Waals surface area contributed by atoms with Crippen LogP contribution >= 0.6 is 11.6 Å². The number of hydrogen-bond donors (Lipinski definition) is 0. The van der Waals surface area contributed by atoms with E-state index in [-0.39, 0.29) is 5.97 Å². The third-order valence-corrected chi connectivity index (χ3v) is 4.36. The first-order valence-corrected chi connectivity index (χ1v) is 6.41. The Hall–Kier alpha value is -1.35. The number of rotatable bonds is 1. The van der Waals surface area contributed by atoms with Crippen LogP contribution in [-0.2, 0) is 15.1 Å². The number of halogens is 1. The molecule has 18 heavy (non-hydrogen) atoms. The fourth-order valence-electron chi connectivity index (χ4n) is 2.55. The Labute approximate surface area is 111 Å². The molecule has 3 aliphatic heterocycles. The Bertz CT molecular complexity index is 551. The molecule has 4 rings (SSSR count). The van der Waals surface area contributed by atoms with Crippen LogP contribution in [0.25, 0.3) is 0 Å². The van der Waals surface area contributed by atoms with Gasteiger partial charge in [0.25, 0.3) is 0 Å². The number of carbonyl (C=O) groups is 1. The lowest BCUT2D eigenvalue weighted by molar-refractivity contribution is -0.170. The molecule has 0 aliphatic carbocycles. The number of nitrogens with zero attached hydrogens (tertiary/aromatic N) is 1. The van der Waals surface area contributed by atoms with Gasteiger partial charge in [0.1, 0.15) is 5.17 Å². The molecule has 0 saturated carbocycles. The van der Waals surface area contributed by atoms with Gasteiger partial charge in [-0.15, -0.1) is 0 Å². The van der Waals surface area contributed by atoms with E-state index >= 15 is 0 Å². The van der Waals surface area contributed by atoms with Crippen molar-refractivity contribution in [2.24, 2.45) is 4.99 Å². The second-order valence-electron chi connectivity index (χ2n) is 5.25. The van der Waals surface area contributed by atoms with E-state index in [1.807, 2.05) is 38.1 Å². The first kappa shape index (κ1) is 11.7. The SMILES string of the molecule is Cc1ccc(C23CCC(C)(OC2=O)C(Cl)=N3)cc1. The van der Waals surface area contributed by atoms with E-state index in [1.54, 1.807) is 0 Å². The van der Waals surface area contributed by atoms with Crippen LogP contribution < -0.4 is 0 Å². The molecule has 0 amide bonds. The van der Waals surface area contributed by atoms with E-state index in [1.165, 1.54) is 0 Å². The quantitative estimate of drug-likeness (QED) is 0.731. The van der Waals surface area contributed by atoms with Crippen LogP contribution in [0.3, 0.4) is 0 Å². The summed E-state index contributed by atoms with van der Waals surface area (Å²) >= 11 is 6.16. The number of esters is 1. The van der Waals surface area contributed by atoms with Gasteiger partial charge < -0.3 is 4.74 Å². The van der Waals surface area contributed by atoms with Crippen molar-refractivity contribution >= 4 is 22.7 Å². The van der Waals surface area contributed by atoms with E-state index in [2.05, 4.69) is 4.99 Å². The highest BCUT2D eigenvalue weighted by atomic mass is 35.5. The first-order chi connectivity index (χ1) is 8.46. The lowest BCUT2D eigenvalue weighted by Gasteiger charge is -2.46. The zero-order chi connectivity index (χ0) is 13.0. The molecule has 94 valence electrons. The number of hydrogen-bond acceptors (Lipinski definition) is 3. The van der Waals surface area contributed by atoms with Crippen molar-refractivity contribution < 1.29 is 9.53 Å². The molecule has 3 aliphatic rings. The summed E-state index contributed by atoms with van der Waals surface area (Å²) in [5, 5.41) is 0.397. The van der Waals surface area contributed by atoms with Gasteiger partial charge in [-0.1, -0.05) is 41.4 Å². The molecule has 0 N–H and O–H groups in total. The summed E-state index contributed by atoms with van der Waals surface area (Å²) in [4.78, 5) is 16.7. The number of carbonyl (C=O) groups excluding carboxylic acids is 1. The van der Waals surface area contributed by atoms with Crippen molar-refractivity contribution in [3.8, 4) is 0 Å². The summed E-state index contributed by atoms with van der Waals surface area (Å²) < 4.78 is 5.47. The van der Waals surface area contributed by atoms with Crippen molar-refractivity contribution in [2.45, 2.75) is 37.8 Å². The predicted octanol–water partition coefficient (Wildman–Crippen LogP) is 2.94. The van der Waals surface area contributed by atoms with E-state index in [0.29, 0.717) is 11.6 Å². The zero-order valence-electron chi connectivity index (χ0n) is 10.4. The first-order valence-electron chi connectivity index (χ1n) is 6.03. The van der Waals surface area contributed by atoms with Crippen LogP contribution in [-0.4, -0.2) is 16.7 Å². The van der Waals surface area contributed by atoms with Gasteiger partial charge in [0, 0.05) is 0 Å². The Morgan fingerprint density at radius 2 is 1.94 bits per heavy atom. The normalized spacial score (nSPS) is 34.2. The molecular formula is C14H14ClNO2. The van der Waals surface area contributed by atoms with Crippen LogP contribution in [0, 0.1) is 6.92 Å². The maximum absolute atomic E-state index is 12.2. The highest BCUT2D eigenvalue weighted by Gasteiger charge is 2.56. The summed E-state index contributed by atoms with van der Waals surface area (Å²) in [5.74, 6) is -0.287. The van der Waals surface area contributed by atoms with E-state index in [4.69, 9.17) is 16.3 Å². The largest absolute Gasteiger partial charge is 0.450 e. The topological polar surface area (TPSA) is 38.7 Å². The highest BCUT2D eigenvalue weighted by Crippen LogP contribution is 2.47. The minimum atomic E-state index is -0.928. The van der Waals surface area contributed by atoms with Gasteiger partial charge in [-0.3, -0.25) is 0 Å². The van der Waals surface area contributed by atoms with Gasteiger partial charge in [0.15, 0.2) is 11.1 Å². The van der Waals surface area contributed by atoms with E-state index < -0.39 is 11.1 Å². The zero-order valence-corrected chi connectivity index (χ0v) is 11.1. The summed E-state index contributed by atoms with van der Waals surface area (Å²) in [6.45, 7) is 3.82. The Balaban J connectivity index is 2.15. The molecule has 0 spiro atoms. The van der Waals surface area contributed by atoms with Crippen LogP contribution in [0.5, 0.6) is 0 Å². The third kappa shape index (κ3) is 1.43. The van der Waals surface area contributed by atoms with Crippen LogP contribution in [0.2, 0.25) is 0 Å². The average molecular weight is 264 g/mol. The Morgan fingerprint density at radius 1 is 1.28 bits per heavy atom. The molecular weight excluding hydrogens is 250 g/mol. The van der Waals surface area contributed by atoms with Gasteiger partial charge in [-0.25, -0.2) is 9.79 Å². The van der Waals surface area contributed by atoms with Crippen molar-refractivity contribution in [1.29, 1.82) is 0 Å². The number of aryl methyl sites for hydroxylation is 1. The van der Waals surface area contributed by atoms with E-state index in [9.17, 15) is 4.79 Å². The number of fused-ring (bicyclic) bond motifs is 2. The van der Waals surface area contributed by atoms with Gasteiger partial charge in [-0.2, -0.15) is 0 Å². The van der Waals surface area contributed by atoms with Gasteiger partial charge in [-0.05, 0) is 32.3 Å². The maximum atomic E-state index is 12.2. The molecule has 3 nitrogen and oxygen atoms in total. The van der Waals surface area contributed by atoms with E-state index in [0.717, 1.165) is 17.5 Å². The summed E-state index contributed by atoms with van der Waals surface area (Å²) in [6.07, 6.45) is 1.37. The Kier molecular flexibility index (Phi) is 2.33. The maximum Gasteiger partial charge on any atom is 0.339 e. The van der Waals surface area contributed by atoms with Crippen LogP contribution in [0.1, 0.15) is 30.9 Å². The van der Waals surface area contributed by atoms with Gasteiger partial charge in [0.05, 0.1) is 0 Å². The van der Waals surface area contributed by atoms with Crippen LogP contribution in [0.4, 0.5) is 0 Å². The van der Waals surface area contributed by atoms with Crippen molar-refractivity contribution in [3.63, 3.8) is 0 Å². The average Bonchev–Trinajstić information content (AvgIpc) is 2.33. The summed E-state index contributed by atoms with van der Waals surface area (Å²) in [6, 6.07) is 7.81. The Morgan fingerprint density at radius 3 is 2.50 bits per heavy atom. The molecule has 1 saturated heterocycles. The number of benzene rings is 1. The molecule has 2 atom stereocenters. The second kappa shape index (κ2) is 3.58. The minimum absolute atomic E-state index is 0.287. The lowest BCUT2D eigenvalue weighted by Crippen LogP contribution is -2.56. The van der Waals surface area contributed by atoms with Gasteiger partial charge in [0.2, 0.25) is 0 Å². The molecule has 0 aromatic heterocycles. The molecule has 3 heterocycles. The third-order valence-electron chi connectivity index (χ3n) is 3.87. The van der Waals surface area contributed by atoms with Crippen LogP contribution in [0.15, 0.2) is 29.3 Å². The number of ether oxygens (including phenoxy) is 1. The van der Waals surface area contributed by atoms with Gasteiger partial charge >= 0.3 is 5.97 Å². The summed E-state index contributed by atoms with van der Waals surface area (Å²) in [5.41, 5.74) is 0.362. The van der Waals surface area contributed by atoms with Crippen molar-refractivity contribution in [2.75, 3.05) is 0 Å². The molecule has 1 aromatic carbocycles. The molecule has 1 fully saturated rings. The predicted molar refractivity (Wildman–Crippen MR) is 69.9 cm³/mol. The standard InChI is InChI=1S/C14H14ClNO2/c1-9-3-5-10(6-4-9)14-8-7-13(2,11(15)16-14)18-12(14)17/h3-6H,7-8H2,1-2H3. The highest BCUT2D eigenvalue weighted by molar-refractivity contribution is 6.67. The molecule has 0 radical (unpaired) electrons. The molecule has 2 bridgehead atoms. The number of aliphatic imine (C=N–C) groups is 1. The smallest absolute Gasteiger partial charge is 0.339 e. The molecule has 2 unspecified atom stereocenters. The van der Waals surface area contributed by atoms with Crippen molar-refractivity contribution in [3.05, 3.63) is 35.4 Å². The minimum Gasteiger partial charge on any atom is -0.450 e. The lowest BCUT2D eigenvalue weighted by atomic mass is 9.77. The second-order valence-corrected chi connectivity index (χ2v) is 5.61. The summed E-state index contributed by atoms with van der Waals surface area (Å²) in [7, 11) is 0.